The van der Waals surface area contributed by atoms with Crippen LogP contribution in [0.1, 0.15) is 22.3 Å². The number of hydrogen-bond acceptors (Lipinski definition) is 6. The van der Waals surface area contributed by atoms with E-state index in [1.165, 1.54) is 0 Å². The summed E-state index contributed by atoms with van der Waals surface area (Å²) in [5.41, 5.74) is 8.18. The summed E-state index contributed by atoms with van der Waals surface area (Å²) in [7, 11) is 0. The van der Waals surface area contributed by atoms with Crippen LogP contribution < -0.4 is 10.6 Å². The van der Waals surface area contributed by atoms with Gasteiger partial charge in [0.2, 0.25) is 0 Å². The van der Waals surface area contributed by atoms with Crippen molar-refractivity contribution in [2.24, 2.45) is 0 Å². The minimum Gasteiger partial charge on any atom is -0.399 e. The second kappa shape index (κ2) is 5.41. The van der Waals surface area contributed by atoms with Crippen molar-refractivity contribution in [2.75, 3.05) is 22.9 Å². The number of aromatic nitrogens is 2. The number of aryl methyl sites for hydroxylation is 1. The summed E-state index contributed by atoms with van der Waals surface area (Å²) in [4.78, 5) is 16.2. The lowest BCUT2D eigenvalue weighted by atomic mass is 10.2. The van der Waals surface area contributed by atoms with Crippen molar-refractivity contribution in [3.05, 3.63) is 28.8 Å². The Morgan fingerprint density at radius 3 is 3.15 bits per heavy atom. The Bertz CT molecular complexity index is 656. The predicted molar refractivity (Wildman–Crippen MR) is 82.5 cm³/mol. The first-order valence-corrected chi connectivity index (χ1v) is 8.12. The molecule has 0 spiro atoms. The minimum absolute atomic E-state index is 0.0241. The SMILES string of the molecule is CCc1nnsc1C(=O)N1CCSc2ccc(N)cc21. The van der Waals surface area contributed by atoms with Crippen molar-refractivity contribution in [2.45, 2.75) is 18.2 Å². The van der Waals surface area contributed by atoms with E-state index in [0.29, 0.717) is 23.5 Å². The summed E-state index contributed by atoms with van der Waals surface area (Å²) in [6, 6.07) is 5.70. The normalized spacial score (nSPS) is 14.2. The Kier molecular flexibility index (Phi) is 3.62. The highest BCUT2D eigenvalue weighted by atomic mass is 32.2. The fourth-order valence-electron chi connectivity index (χ4n) is 2.17. The van der Waals surface area contributed by atoms with E-state index >= 15 is 0 Å². The number of nitrogens with two attached hydrogens (primary N) is 1. The summed E-state index contributed by atoms with van der Waals surface area (Å²) in [5, 5.41) is 4.02. The molecule has 5 nitrogen and oxygen atoms in total. The first-order valence-electron chi connectivity index (χ1n) is 6.36. The van der Waals surface area contributed by atoms with Crippen LogP contribution in [0.4, 0.5) is 11.4 Å². The lowest BCUT2D eigenvalue weighted by Crippen LogP contribution is -2.35. The van der Waals surface area contributed by atoms with Crippen molar-refractivity contribution in [3.63, 3.8) is 0 Å². The van der Waals surface area contributed by atoms with E-state index in [1.807, 2.05) is 25.1 Å². The van der Waals surface area contributed by atoms with Gasteiger partial charge in [0.15, 0.2) is 0 Å². The van der Waals surface area contributed by atoms with Gasteiger partial charge in [0.1, 0.15) is 4.88 Å². The number of anilines is 2. The van der Waals surface area contributed by atoms with Crippen LogP contribution in [0.5, 0.6) is 0 Å². The van der Waals surface area contributed by atoms with Crippen LogP contribution >= 0.6 is 23.3 Å². The summed E-state index contributed by atoms with van der Waals surface area (Å²) in [6.07, 6.45) is 0.712. The van der Waals surface area contributed by atoms with Gasteiger partial charge in [-0.2, -0.15) is 0 Å². The number of nitrogens with zero attached hydrogens (tertiary/aromatic N) is 3. The molecule has 0 unspecified atom stereocenters. The third-order valence-electron chi connectivity index (χ3n) is 3.18. The maximum Gasteiger partial charge on any atom is 0.271 e. The van der Waals surface area contributed by atoms with Gasteiger partial charge in [0.25, 0.3) is 5.91 Å². The molecule has 2 heterocycles. The van der Waals surface area contributed by atoms with Crippen LogP contribution in [0.2, 0.25) is 0 Å². The van der Waals surface area contributed by atoms with Gasteiger partial charge in [-0.1, -0.05) is 11.4 Å². The zero-order valence-electron chi connectivity index (χ0n) is 11.0. The van der Waals surface area contributed by atoms with Crippen molar-refractivity contribution < 1.29 is 4.79 Å². The third kappa shape index (κ3) is 2.27. The molecule has 2 aromatic rings. The fourth-order valence-corrected chi connectivity index (χ4v) is 3.85. The van der Waals surface area contributed by atoms with Gasteiger partial charge < -0.3 is 10.6 Å². The number of benzene rings is 1. The monoisotopic (exact) mass is 306 g/mol. The Balaban J connectivity index is 2.00. The smallest absolute Gasteiger partial charge is 0.271 e. The molecule has 1 aliphatic heterocycles. The van der Waals surface area contributed by atoms with Crippen LogP contribution in [0.3, 0.4) is 0 Å². The van der Waals surface area contributed by atoms with Gasteiger partial charge in [-0.3, -0.25) is 4.79 Å². The summed E-state index contributed by atoms with van der Waals surface area (Å²) in [5.74, 6) is 0.861. The third-order valence-corrected chi connectivity index (χ3v) is 4.98. The molecular formula is C13H14N4OS2. The van der Waals surface area contributed by atoms with Crippen molar-refractivity contribution in [1.29, 1.82) is 0 Å². The molecule has 1 aromatic heterocycles. The van der Waals surface area contributed by atoms with Gasteiger partial charge in [-0.05, 0) is 36.2 Å². The maximum atomic E-state index is 12.7. The molecule has 0 bridgehead atoms. The maximum absolute atomic E-state index is 12.7. The average Bonchev–Trinajstić information content (AvgIpc) is 2.94. The molecule has 7 heteroatoms. The molecule has 0 saturated carbocycles. The molecule has 1 aromatic carbocycles. The first-order chi connectivity index (χ1) is 9.70. The molecule has 2 N–H and O–H groups in total. The van der Waals surface area contributed by atoms with E-state index < -0.39 is 0 Å². The van der Waals surface area contributed by atoms with Crippen molar-refractivity contribution in [1.82, 2.24) is 9.59 Å². The van der Waals surface area contributed by atoms with Crippen LogP contribution in [-0.4, -0.2) is 27.8 Å². The number of fused-ring (bicyclic) bond motifs is 1. The Morgan fingerprint density at radius 1 is 1.50 bits per heavy atom. The van der Waals surface area contributed by atoms with E-state index in [2.05, 4.69) is 9.59 Å². The van der Waals surface area contributed by atoms with E-state index in [-0.39, 0.29) is 5.91 Å². The van der Waals surface area contributed by atoms with Gasteiger partial charge in [0, 0.05) is 22.9 Å². The minimum atomic E-state index is -0.0241. The summed E-state index contributed by atoms with van der Waals surface area (Å²) < 4.78 is 3.90. The number of amides is 1. The number of thioether (sulfide) groups is 1. The molecule has 1 aliphatic rings. The molecule has 1 amide bonds. The topological polar surface area (TPSA) is 72.1 Å². The van der Waals surface area contributed by atoms with Crippen LogP contribution in [0, 0.1) is 0 Å². The van der Waals surface area contributed by atoms with E-state index in [0.717, 1.165) is 33.6 Å². The van der Waals surface area contributed by atoms with Crippen LogP contribution in [-0.2, 0) is 6.42 Å². The highest BCUT2D eigenvalue weighted by Gasteiger charge is 2.27. The molecule has 0 atom stereocenters. The number of carbonyl (C=O) groups excluding carboxylic acids is 1. The van der Waals surface area contributed by atoms with Crippen molar-refractivity contribution in [3.8, 4) is 0 Å². The molecule has 104 valence electrons. The Labute approximate surface area is 125 Å². The molecule has 0 fully saturated rings. The molecule has 0 saturated heterocycles. The Hall–Kier alpha value is -1.60. The second-order valence-electron chi connectivity index (χ2n) is 4.43. The van der Waals surface area contributed by atoms with Gasteiger partial charge >= 0.3 is 0 Å². The zero-order chi connectivity index (χ0) is 14.1. The summed E-state index contributed by atoms with van der Waals surface area (Å²) in [6.45, 7) is 2.66. The quantitative estimate of drug-likeness (QED) is 0.863. The predicted octanol–water partition coefficient (Wildman–Crippen LogP) is 2.44. The largest absolute Gasteiger partial charge is 0.399 e. The number of carbonyl (C=O) groups is 1. The first kappa shape index (κ1) is 13.4. The molecule has 0 radical (unpaired) electrons. The van der Waals surface area contributed by atoms with E-state index in [1.54, 1.807) is 16.7 Å². The molecular weight excluding hydrogens is 292 g/mol. The lowest BCUT2D eigenvalue weighted by Gasteiger charge is -2.28. The highest BCUT2D eigenvalue weighted by Crippen LogP contribution is 2.37. The van der Waals surface area contributed by atoms with Gasteiger partial charge in [-0.25, -0.2) is 0 Å². The Morgan fingerprint density at radius 2 is 2.35 bits per heavy atom. The lowest BCUT2D eigenvalue weighted by molar-refractivity contribution is 0.0990. The van der Waals surface area contributed by atoms with E-state index in [4.69, 9.17) is 5.73 Å². The second-order valence-corrected chi connectivity index (χ2v) is 6.33. The van der Waals surface area contributed by atoms with E-state index in [9.17, 15) is 4.79 Å². The summed E-state index contributed by atoms with van der Waals surface area (Å²) >= 11 is 2.91. The number of rotatable bonds is 2. The standard InChI is InChI=1S/C13H14N4OS2/c1-2-9-12(20-16-15-9)13(18)17-5-6-19-11-4-3-8(14)7-10(11)17/h3-4,7H,2,5-6,14H2,1H3. The van der Waals surface area contributed by atoms with Crippen molar-refractivity contribution >= 4 is 40.6 Å². The highest BCUT2D eigenvalue weighted by molar-refractivity contribution is 7.99. The zero-order valence-corrected chi connectivity index (χ0v) is 12.6. The molecule has 0 aliphatic carbocycles. The van der Waals surface area contributed by atoms with Crippen LogP contribution in [0.25, 0.3) is 0 Å². The number of nitrogen functional groups attached to an aromatic ring is 1. The molecule has 3 rings (SSSR count). The fraction of sp³-hybridized carbons (Fsp3) is 0.308. The van der Waals surface area contributed by atoms with Gasteiger partial charge in [0.05, 0.1) is 11.4 Å². The number of hydrogen-bond donors (Lipinski definition) is 1. The molecule has 20 heavy (non-hydrogen) atoms. The average molecular weight is 306 g/mol. The van der Waals surface area contributed by atoms with Gasteiger partial charge in [-0.15, -0.1) is 16.9 Å². The van der Waals surface area contributed by atoms with Crippen LogP contribution in [0.15, 0.2) is 23.1 Å².